The van der Waals surface area contributed by atoms with Crippen LogP contribution in [0.1, 0.15) is 70.0 Å². The van der Waals surface area contributed by atoms with Crippen molar-refractivity contribution < 1.29 is 9.53 Å². The maximum Gasteiger partial charge on any atom is 0.222 e. The van der Waals surface area contributed by atoms with Crippen molar-refractivity contribution in [2.45, 2.75) is 70.4 Å². The number of hydrogen-bond acceptors (Lipinski definition) is 3. The van der Waals surface area contributed by atoms with E-state index in [1.54, 1.807) is 0 Å². The highest BCUT2D eigenvalue weighted by Gasteiger charge is 2.49. The summed E-state index contributed by atoms with van der Waals surface area (Å²) in [6.45, 7) is 7.27. The van der Waals surface area contributed by atoms with Crippen molar-refractivity contribution in [3.8, 4) is 0 Å². The van der Waals surface area contributed by atoms with Crippen LogP contribution in [0.25, 0.3) is 0 Å². The summed E-state index contributed by atoms with van der Waals surface area (Å²) in [7, 11) is 0. The van der Waals surface area contributed by atoms with Gasteiger partial charge in [-0.3, -0.25) is 9.69 Å². The van der Waals surface area contributed by atoms with E-state index >= 15 is 0 Å². The summed E-state index contributed by atoms with van der Waals surface area (Å²) in [5.74, 6) is 1.81. The third-order valence-corrected chi connectivity index (χ3v) is 8.65. The summed E-state index contributed by atoms with van der Waals surface area (Å²) in [6.07, 6.45) is 9.91. The Labute approximate surface area is 182 Å². The number of benzene rings is 1. The van der Waals surface area contributed by atoms with E-state index in [1.165, 1.54) is 44.1 Å². The van der Waals surface area contributed by atoms with E-state index < -0.39 is 0 Å². The molecular formula is C26H38N2O2. The average molecular weight is 411 g/mol. The molecule has 0 unspecified atom stereocenters. The lowest BCUT2D eigenvalue weighted by atomic mass is 9.75. The van der Waals surface area contributed by atoms with E-state index in [-0.39, 0.29) is 6.10 Å². The van der Waals surface area contributed by atoms with Crippen molar-refractivity contribution in [2.24, 2.45) is 17.3 Å². The summed E-state index contributed by atoms with van der Waals surface area (Å²) in [4.78, 5) is 17.5. The lowest BCUT2D eigenvalue weighted by molar-refractivity contribution is -0.134. The predicted octanol–water partition coefficient (Wildman–Crippen LogP) is 4.66. The Morgan fingerprint density at radius 2 is 1.80 bits per heavy atom. The topological polar surface area (TPSA) is 32.8 Å². The first-order valence-electron chi connectivity index (χ1n) is 12.3. The highest BCUT2D eigenvalue weighted by Crippen LogP contribution is 2.53. The number of ether oxygens (including phenoxy) is 1. The van der Waals surface area contributed by atoms with Crippen molar-refractivity contribution in [3.05, 3.63) is 35.9 Å². The number of piperazine rings is 1. The van der Waals surface area contributed by atoms with E-state index in [9.17, 15) is 4.79 Å². The Balaban J connectivity index is 1.14. The second-order valence-electron chi connectivity index (χ2n) is 10.7. The molecule has 1 amide bonds. The zero-order valence-electron chi connectivity index (χ0n) is 18.6. The van der Waals surface area contributed by atoms with Gasteiger partial charge in [0.25, 0.3) is 0 Å². The van der Waals surface area contributed by atoms with Crippen molar-refractivity contribution in [1.29, 1.82) is 0 Å². The van der Waals surface area contributed by atoms with Crippen LogP contribution in [0.15, 0.2) is 30.3 Å². The first-order chi connectivity index (χ1) is 14.6. The van der Waals surface area contributed by atoms with Crippen LogP contribution in [0.3, 0.4) is 0 Å². The molecule has 0 radical (unpaired) electrons. The molecule has 1 aromatic carbocycles. The molecule has 4 fully saturated rings. The van der Waals surface area contributed by atoms with Crippen LogP contribution in [0.5, 0.6) is 0 Å². The Hall–Kier alpha value is -1.39. The van der Waals surface area contributed by atoms with Gasteiger partial charge in [0, 0.05) is 38.6 Å². The maximum atomic E-state index is 12.7. The van der Waals surface area contributed by atoms with Crippen molar-refractivity contribution >= 4 is 5.91 Å². The van der Waals surface area contributed by atoms with Crippen LogP contribution in [0.2, 0.25) is 0 Å². The summed E-state index contributed by atoms with van der Waals surface area (Å²) >= 11 is 0. The highest BCUT2D eigenvalue weighted by atomic mass is 16.5. The SMILES string of the molecule is C[C@@]12CO[C@H](c3ccccc3)C[C@@H]1C[C@@H](N1CCN(C(=O)CC3CCCC3)CC1)C2. The third kappa shape index (κ3) is 4.18. The lowest BCUT2D eigenvalue weighted by Gasteiger charge is -2.40. The number of nitrogens with zero attached hydrogens (tertiary/aromatic N) is 2. The summed E-state index contributed by atoms with van der Waals surface area (Å²) in [5, 5.41) is 0. The summed E-state index contributed by atoms with van der Waals surface area (Å²) in [5.41, 5.74) is 1.64. The minimum atomic E-state index is 0.257. The van der Waals surface area contributed by atoms with E-state index in [2.05, 4.69) is 47.1 Å². The predicted molar refractivity (Wildman–Crippen MR) is 119 cm³/mol. The van der Waals surface area contributed by atoms with Gasteiger partial charge in [0.2, 0.25) is 5.91 Å². The molecule has 4 atom stereocenters. The second-order valence-corrected chi connectivity index (χ2v) is 10.7. The molecule has 4 nitrogen and oxygen atoms in total. The molecule has 30 heavy (non-hydrogen) atoms. The van der Waals surface area contributed by atoms with Crippen LogP contribution in [-0.4, -0.2) is 54.5 Å². The molecule has 5 rings (SSSR count). The Morgan fingerprint density at radius 1 is 1.07 bits per heavy atom. The van der Waals surface area contributed by atoms with E-state index in [4.69, 9.17) is 4.74 Å². The molecule has 2 saturated carbocycles. The largest absolute Gasteiger partial charge is 0.373 e. The number of carbonyl (C=O) groups excluding carboxylic acids is 1. The van der Waals surface area contributed by atoms with Gasteiger partial charge in [0.1, 0.15) is 0 Å². The van der Waals surface area contributed by atoms with Crippen LogP contribution >= 0.6 is 0 Å². The third-order valence-electron chi connectivity index (χ3n) is 8.65. The van der Waals surface area contributed by atoms with Crippen LogP contribution in [-0.2, 0) is 9.53 Å². The zero-order valence-corrected chi connectivity index (χ0v) is 18.6. The molecule has 0 aromatic heterocycles. The monoisotopic (exact) mass is 410 g/mol. The Morgan fingerprint density at radius 3 is 2.53 bits per heavy atom. The quantitative estimate of drug-likeness (QED) is 0.724. The van der Waals surface area contributed by atoms with Gasteiger partial charge in [-0.1, -0.05) is 50.1 Å². The molecule has 2 saturated heterocycles. The standard InChI is InChI=1S/C26H38N2O2/c1-26-18-23(16-22(26)17-24(30-19-26)21-9-3-2-4-10-21)27-11-13-28(14-12-27)25(29)15-20-7-5-6-8-20/h2-4,9-10,20,22-24H,5-8,11-19H2,1H3/t22-,23+,24-,26+/m0/s1. The van der Waals surface area contributed by atoms with Gasteiger partial charge >= 0.3 is 0 Å². The van der Waals surface area contributed by atoms with Gasteiger partial charge in [-0.15, -0.1) is 0 Å². The number of rotatable bonds is 4. The maximum absolute atomic E-state index is 12.7. The normalized spacial score (nSPS) is 35.5. The average Bonchev–Trinajstić information content (AvgIpc) is 3.41. The van der Waals surface area contributed by atoms with Crippen LogP contribution in [0, 0.1) is 17.3 Å². The molecular weight excluding hydrogens is 372 g/mol. The molecule has 2 aliphatic heterocycles. The number of hydrogen-bond donors (Lipinski definition) is 0. The zero-order chi connectivity index (χ0) is 20.6. The summed E-state index contributed by atoms with van der Waals surface area (Å²) < 4.78 is 6.36. The van der Waals surface area contributed by atoms with Crippen LogP contribution in [0.4, 0.5) is 0 Å². The van der Waals surface area contributed by atoms with Crippen molar-refractivity contribution in [2.75, 3.05) is 32.8 Å². The van der Waals surface area contributed by atoms with Crippen molar-refractivity contribution in [1.82, 2.24) is 9.80 Å². The summed E-state index contributed by atoms with van der Waals surface area (Å²) in [6, 6.07) is 11.4. The fraction of sp³-hybridized carbons (Fsp3) is 0.731. The van der Waals surface area contributed by atoms with E-state index in [1.807, 2.05) is 0 Å². The fourth-order valence-electron chi connectivity index (χ4n) is 6.68. The molecule has 2 aliphatic carbocycles. The molecule has 0 bridgehead atoms. The highest BCUT2D eigenvalue weighted by molar-refractivity contribution is 5.76. The smallest absolute Gasteiger partial charge is 0.222 e. The number of carbonyl (C=O) groups is 1. The number of fused-ring (bicyclic) bond motifs is 1. The molecule has 4 heteroatoms. The molecule has 0 spiro atoms. The first-order valence-corrected chi connectivity index (χ1v) is 12.3. The van der Waals surface area contributed by atoms with E-state index in [0.717, 1.165) is 51.5 Å². The minimum Gasteiger partial charge on any atom is -0.373 e. The van der Waals surface area contributed by atoms with Gasteiger partial charge in [0.05, 0.1) is 12.7 Å². The molecule has 4 aliphatic rings. The minimum absolute atomic E-state index is 0.257. The van der Waals surface area contributed by atoms with Gasteiger partial charge in [-0.05, 0) is 54.9 Å². The molecule has 0 N–H and O–H groups in total. The fourth-order valence-corrected chi connectivity index (χ4v) is 6.68. The van der Waals surface area contributed by atoms with Crippen molar-refractivity contribution in [3.63, 3.8) is 0 Å². The van der Waals surface area contributed by atoms with Gasteiger partial charge < -0.3 is 9.64 Å². The van der Waals surface area contributed by atoms with Gasteiger partial charge in [-0.2, -0.15) is 0 Å². The molecule has 1 aromatic rings. The van der Waals surface area contributed by atoms with Gasteiger partial charge in [-0.25, -0.2) is 0 Å². The van der Waals surface area contributed by atoms with E-state index in [0.29, 0.717) is 23.3 Å². The first kappa shape index (κ1) is 20.5. The van der Waals surface area contributed by atoms with Crippen LogP contribution < -0.4 is 0 Å². The number of amides is 1. The molecule has 164 valence electrons. The lowest BCUT2D eigenvalue weighted by Crippen LogP contribution is -2.51. The second kappa shape index (κ2) is 8.63. The van der Waals surface area contributed by atoms with Gasteiger partial charge in [0.15, 0.2) is 0 Å². The molecule has 2 heterocycles. The Bertz CT molecular complexity index is 724. The Kier molecular flexibility index (Phi) is 5.90.